The molecule has 0 bridgehead atoms. The maximum atomic E-state index is 12.6. The minimum atomic E-state index is -1.34. The van der Waals surface area contributed by atoms with Gasteiger partial charge in [0.05, 0.1) is 5.69 Å². The van der Waals surface area contributed by atoms with Crippen LogP contribution in [0.3, 0.4) is 0 Å². The van der Waals surface area contributed by atoms with E-state index >= 15 is 0 Å². The van der Waals surface area contributed by atoms with Crippen LogP contribution in [0.4, 0.5) is 0 Å². The molecule has 0 aliphatic rings. The molecule has 3 aromatic rings. The predicted molar refractivity (Wildman–Crippen MR) is 90.8 cm³/mol. The van der Waals surface area contributed by atoms with Gasteiger partial charge >= 0.3 is 5.16 Å². The molecule has 1 unspecified atom stereocenters. The summed E-state index contributed by atoms with van der Waals surface area (Å²) in [6.45, 7) is 2.00. The number of rotatable bonds is 5. The first-order valence-corrected chi connectivity index (χ1v) is 8.73. The lowest BCUT2D eigenvalue weighted by atomic mass is 10.1. The monoisotopic (exact) mass is 343 g/mol. The molecule has 0 amide bonds. The zero-order valence-corrected chi connectivity index (χ0v) is 13.9. The van der Waals surface area contributed by atoms with Gasteiger partial charge in [0.2, 0.25) is 0 Å². The quantitative estimate of drug-likeness (QED) is 0.548. The Kier molecular flexibility index (Phi) is 4.73. The van der Waals surface area contributed by atoms with Gasteiger partial charge in [-0.05, 0) is 36.8 Å². The van der Waals surface area contributed by atoms with E-state index in [1.165, 1.54) is 12.1 Å². The smallest absolute Gasteiger partial charge is 0.347 e. The van der Waals surface area contributed by atoms with E-state index in [-0.39, 0.29) is 11.5 Å². The zero-order valence-electron chi connectivity index (χ0n) is 13.1. The molecule has 124 valence electrons. The van der Waals surface area contributed by atoms with Gasteiger partial charge in [-0.25, -0.2) is 4.57 Å². The Hall–Kier alpha value is -2.51. The Morgan fingerprint density at radius 2 is 1.83 bits per heavy atom. The Morgan fingerprint density at radius 1 is 1.08 bits per heavy atom. The van der Waals surface area contributed by atoms with Gasteiger partial charge in [0, 0.05) is 17.6 Å². The molecule has 1 atom stereocenters. The molecule has 7 heteroatoms. The summed E-state index contributed by atoms with van der Waals surface area (Å²) in [5, 5.41) is 27.1. The first-order chi connectivity index (χ1) is 11.5. The largest absolute Gasteiger partial charge is 0.609 e. The lowest BCUT2D eigenvalue weighted by Crippen LogP contribution is -2.15. The Bertz CT molecular complexity index is 833. The van der Waals surface area contributed by atoms with E-state index in [1.54, 1.807) is 17.0 Å². The van der Waals surface area contributed by atoms with Crippen molar-refractivity contribution in [1.29, 1.82) is 0 Å². The second-order valence-corrected chi connectivity index (χ2v) is 6.91. The van der Waals surface area contributed by atoms with E-state index in [2.05, 4.69) is 10.2 Å². The van der Waals surface area contributed by atoms with Crippen LogP contribution in [0.1, 0.15) is 11.1 Å². The summed E-state index contributed by atoms with van der Waals surface area (Å²) >= 11 is -1.34. The number of phenolic OH excluding ortho intramolecular Hbond substituents is 2. The second-order valence-electron chi connectivity index (χ2n) is 5.44. The molecule has 2 N–H and O–H groups in total. The summed E-state index contributed by atoms with van der Waals surface area (Å²) in [5.74, 6) is -0.00510. The Morgan fingerprint density at radius 3 is 2.54 bits per heavy atom. The van der Waals surface area contributed by atoms with Crippen LogP contribution in [0.2, 0.25) is 0 Å². The summed E-state index contributed by atoms with van der Waals surface area (Å²) in [4.78, 5) is 0. The summed E-state index contributed by atoms with van der Waals surface area (Å²) < 4.78 is 14.3. The maximum Gasteiger partial charge on any atom is 0.347 e. The van der Waals surface area contributed by atoms with E-state index in [4.69, 9.17) is 0 Å². The van der Waals surface area contributed by atoms with Gasteiger partial charge in [-0.1, -0.05) is 28.9 Å². The highest BCUT2D eigenvalue weighted by Crippen LogP contribution is 2.25. The van der Waals surface area contributed by atoms with Crippen molar-refractivity contribution in [3.63, 3.8) is 0 Å². The third kappa shape index (κ3) is 3.52. The summed E-state index contributed by atoms with van der Waals surface area (Å²) in [6, 6.07) is 12.4. The number of aryl methyl sites for hydroxylation is 2. The van der Waals surface area contributed by atoms with E-state index < -0.39 is 11.2 Å². The molecule has 2 aromatic carbocycles. The zero-order chi connectivity index (χ0) is 17.1. The van der Waals surface area contributed by atoms with E-state index in [9.17, 15) is 14.8 Å². The molecule has 0 aliphatic heterocycles. The second kappa shape index (κ2) is 6.94. The third-order valence-corrected chi connectivity index (χ3v) is 4.91. The minimum absolute atomic E-state index is 0.168. The fourth-order valence-electron chi connectivity index (χ4n) is 2.29. The molecule has 6 nitrogen and oxygen atoms in total. The number of hydrogen-bond donors (Lipinski definition) is 2. The predicted octanol–water partition coefficient (Wildman–Crippen LogP) is 2.34. The molecule has 0 fully saturated rings. The topological polar surface area (TPSA) is 94.2 Å². The normalized spacial score (nSPS) is 12.2. The van der Waals surface area contributed by atoms with Crippen LogP contribution in [0.15, 0.2) is 53.9 Å². The lowest BCUT2D eigenvalue weighted by Gasteiger charge is -2.11. The van der Waals surface area contributed by atoms with E-state index in [0.717, 1.165) is 16.8 Å². The minimum Gasteiger partial charge on any atom is -0.609 e. The number of nitrogens with zero attached hydrogens (tertiary/aromatic N) is 3. The third-order valence-electron chi connectivity index (χ3n) is 3.65. The van der Waals surface area contributed by atoms with Crippen molar-refractivity contribution in [2.75, 3.05) is 5.75 Å². The molecule has 24 heavy (non-hydrogen) atoms. The average molecular weight is 343 g/mol. The van der Waals surface area contributed by atoms with Crippen molar-refractivity contribution in [1.82, 2.24) is 14.8 Å². The Balaban J connectivity index is 1.74. The van der Waals surface area contributed by atoms with Gasteiger partial charge in [-0.2, -0.15) is 0 Å². The molecular weight excluding hydrogens is 326 g/mol. The van der Waals surface area contributed by atoms with Crippen molar-refractivity contribution in [2.45, 2.75) is 18.5 Å². The van der Waals surface area contributed by atoms with Gasteiger partial charge in [0.15, 0.2) is 11.5 Å². The summed E-state index contributed by atoms with van der Waals surface area (Å²) in [5.41, 5.74) is 2.79. The molecule has 0 saturated heterocycles. The first kappa shape index (κ1) is 16.4. The SMILES string of the molecule is Cc1ccc(-n2cnnc2[S+]([O-])CCc2ccc(O)c(O)c2)cc1. The number of benzene rings is 2. The van der Waals surface area contributed by atoms with Crippen molar-refractivity contribution >= 4 is 11.2 Å². The van der Waals surface area contributed by atoms with Crippen LogP contribution in [-0.4, -0.2) is 35.3 Å². The summed E-state index contributed by atoms with van der Waals surface area (Å²) in [7, 11) is 0. The van der Waals surface area contributed by atoms with Gasteiger partial charge in [-0.15, -0.1) is 5.10 Å². The van der Waals surface area contributed by atoms with Crippen molar-refractivity contribution in [3.8, 4) is 17.2 Å². The van der Waals surface area contributed by atoms with Gasteiger partial charge in [0.25, 0.3) is 0 Å². The van der Waals surface area contributed by atoms with Crippen LogP contribution in [0.25, 0.3) is 5.69 Å². The number of aromatic hydroxyl groups is 2. The van der Waals surface area contributed by atoms with Crippen molar-refractivity contribution in [2.24, 2.45) is 0 Å². The first-order valence-electron chi connectivity index (χ1n) is 7.41. The van der Waals surface area contributed by atoms with E-state index in [1.807, 2.05) is 31.2 Å². The molecule has 0 spiro atoms. The average Bonchev–Trinajstić information content (AvgIpc) is 3.06. The standard InChI is InChI=1S/C17H17N3O3S/c1-12-2-5-14(6-3-12)20-11-18-19-17(20)24(23)9-8-13-4-7-15(21)16(22)10-13/h2-7,10-11,21-22H,8-9H2,1H3. The number of phenols is 2. The van der Waals surface area contributed by atoms with Crippen molar-refractivity contribution < 1.29 is 14.8 Å². The number of hydrogen-bond acceptors (Lipinski definition) is 5. The molecular formula is C17H17N3O3S. The van der Waals surface area contributed by atoms with Crippen LogP contribution in [0, 0.1) is 6.92 Å². The fourth-order valence-corrected chi connectivity index (χ4v) is 3.40. The van der Waals surface area contributed by atoms with Gasteiger partial charge in [-0.3, -0.25) is 0 Å². The van der Waals surface area contributed by atoms with E-state index in [0.29, 0.717) is 17.3 Å². The highest BCUT2D eigenvalue weighted by molar-refractivity contribution is 7.91. The van der Waals surface area contributed by atoms with Gasteiger partial charge < -0.3 is 14.8 Å². The molecule has 1 aromatic heterocycles. The highest BCUT2D eigenvalue weighted by atomic mass is 32.2. The molecule has 1 heterocycles. The molecule has 0 aliphatic carbocycles. The van der Waals surface area contributed by atoms with Crippen LogP contribution >= 0.6 is 0 Å². The van der Waals surface area contributed by atoms with Gasteiger partial charge in [0.1, 0.15) is 12.1 Å². The molecule has 0 radical (unpaired) electrons. The highest BCUT2D eigenvalue weighted by Gasteiger charge is 2.20. The maximum absolute atomic E-state index is 12.6. The molecule has 3 rings (SSSR count). The summed E-state index contributed by atoms with van der Waals surface area (Å²) in [6.07, 6.45) is 2.03. The van der Waals surface area contributed by atoms with Crippen LogP contribution < -0.4 is 0 Å². The number of aromatic nitrogens is 3. The van der Waals surface area contributed by atoms with Crippen LogP contribution in [-0.2, 0) is 17.6 Å². The van der Waals surface area contributed by atoms with Crippen LogP contribution in [0.5, 0.6) is 11.5 Å². The fraction of sp³-hybridized carbons (Fsp3) is 0.176. The van der Waals surface area contributed by atoms with Crippen molar-refractivity contribution in [3.05, 3.63) is 59.9 Å². The molecule has 0 saturated carbocycles. The lowest BCUT2D eigenvalue weighted by molar-refractivity contribution is 0.403. The Labute approximate surface area is 142 Å².